The first kappa shape index (κ1) is 22.7. The van der Waals surface area contributed by atoms with Gasteiger partial charge in [-0.1, -0.05) is 48.5 Å². The van der Waals surface area contributed by atoms with E-state index in [0.29, 0.717) is 11.3 Å². The summed E-state index contributed by atoms with van der Waals surface area (Å²) in [7, 11) is 0. The van der Waals surface area contributed by atoms with Crippen LogP contribution in [0.25, 0.3) is 10.9 Å². The molecule has 0 unspecified atom stereocenters. The second-order valence-electron chi connectivity index (χ2n) is 8.94. The van der Waals surface area contributed by atoms with E-state index < -0.39 is 29.6 Å². The molecule has 1 fully saturated rings. The van der Waals surface area contributed by atoms with E-state index in [9.17, 15) is 14.0 Å². The molecule has 0 radical (unpaired) electrons. The summed E-state index contributed by atoms with van der Waals surface area (Å²) in [5, 5.41) is 0.872. The van der Waals surface area contributed by atoms with Gasteiger partial charge in [-0.25, -0.2) is 4.39 Å². The summed E-state index contributed by atoms with van der Waals surface area (Å²) >= 11 is 0. The number of fused-ring (bicyclic) bond motifs is 1. The van der Waals surface area contributed by atoms with Gasteiger partial charge in [-0.2, -0.15) is 0 Å². The standard InChI is InChI=1S/C28H24FNO5/c1-28(2)34-26(31)25(27(32)35-28)24(21-15-30-22-9-5-3-7-19(21)22)20-8-4-6-10-23(20)33-16-17-11-13-18(29)14-12-17/h3-15,24-25,30H,16H2,1-2H3/t24-/m1/s1. The number of H-pyrrole nitrogens is 1. The third-order valence-corrected chi connectivity index (χ3v) is 6.05. The Bertz CT molecular complexity index is 1370. The van der Waals surface area contributed by atoms with Gasteiger partial charge in [0.25, 0.3) is 5.79 Å². The van der Waals surface area contributed by atoms with E-state index in [1.54, 1.807) is 24.4 Å². The van der Waals surface area contributed by atoms with Crippen LogP contribution >= 0.6 is 0 Å². The number of rotatable bonds is 6. The Morgan fingerprint density at radius 1 is 0.914 bits per heavy atom. The van der Waals surface area contributed by atoms with Crippen LogP contribution in [0.5, 0.6) is 5.75 Å². The van der Waals surface area contributed by atoms with E-state index in [1.165, 1.54) is 26.0 Å². The SMILES string of the molecule is CC1(C)OC(=O)C([C@H](c2ccccc2OCc2ccc(F)cc2)c2c[nH]c3ccccc23)C(=O)O1. The van der Waals surface area contributed by atoms with Crippen LogP contribution in [0.2, 0.25) is 0 Å². The second-order valence-corrected chi connectivity index (χ2v) is 8.94. The molecule has 1 aliphatic rings. The minimum Gasteiger partial charge on any atom is -0.489 e. The number of cyclic esters (lactones) is 2. The molecule has 1 atom stereocenters. The third-order valence-electron chi connectivity index (χ3n) is 6.05. The molecule has 178 valence electrons. The number of hydrogen-bond donors (Lipinski definition) is 1. The topological polar surface area (TPSA) is 77.6 Å². The second kappa shape index (κ2) is 8.91. The van der Waals surface area contributed by atoms with Crippen LogP contribution in [-0.4, -0.2) is 22.7 Å². The minimum absolute atomic E-state index is 0.185. The highest BCUT2D eigenvalue weighted by Gasteiger charge is 2.49. The Balaban J connectivity index is 1.60. The quantitative estimate of drug-likeness (QED) is 0.297. The number of hydrogen-bond acceptors (Lipinski definition) is 5. The third kappa shape index (κ3) is 4.49. The maximum atomic E-state index is 13.3. The van der Waals surface area contributed by atoms with Gasteiger partial charge in [-0.05, 0) is 35.4 Å². The van der Waals surface area contributed by atoms with Crippen LogP contribution in [0.1, 0.15) is 36.5 Å². The summed E-state index contributed by atoms with van der Waals surface area (Å²) in [5.41, 5.74) is 3.04. The van der Waals surface area contributed by atoms with Crippen molar-refractivity contribution in [2.24, 2.45) is 5.92 Å². The number of aromatic nitrogens is 1. The van der Waals surface area contributed by atoms with Crippen molar-refractivity contribution in [3.63, 3.8) is 0 Å². The molecule has 7 heteroatoms. The van der Waals surface area contributed by atoms with Crippen LogP contribution in [0, 0.1) is 11.7 Å². The molecule has 0 amide bonds. The fourth-order valence-corrected chi connectivity index (χ4v) is 4.49. The number of carbonyl (C=O) groups excluding carboxylic acids is 2. The summed E-state index contributed by atoms with van der Waals surface area (Å²) in [6.45, 7) is 3.24. The number of para-hydroxylation sites is 2. The molecule has 1 saturated heterocycles. The summed E-state index contributed by atoms with van der Waals surface area (Å²) in [5.74, 6) is -4.44. The molecule has 2 heterocycles. The molecule has 1 aliphatic heterocycles. The maximum absolute atomic E-state index is 13.3. The van der Waals surface area contributed by atoms with Gasteiger partial charge in [0.2, 0.25) is 0 Å². The lowest BCUT2D eigenvalue weighted by Crippen LogP contribution is -2.48. The molecule has 0 spiro atoms. The summed E-state index contributed by atoms with van der Waals surface area (Å²) in [6.07, 6.45) is 1.80. The van der Waals surface area contributed by atoms with Crippen LogP contribution < -0.4 is 4.74 Å². The van der Waals surface area contributed by atoms with E-state index in [4.69, 9.17) is 14.2 Å². The normalized spacial score (nSPS) is 16.5. The number of halogens is 1. The molecule has 35 heavy (non-hydrogen) atoms. The van der Waals surface area contributed by atoms with E-state index in [1.807, 2.05) is 42.5 Å². The van der Waals surface area contributed by atoms with Crippen LogP contribution in [-0.2, 0) is 25.7 Å². The van der Waals surface area contributed by atoms with Gasteiger partial charge in [0.1, 0.15) is 18.2 Å². The maximum Gasteiger partial charge on any atom is 0.324 e. The Morgan fingerprint density at radius 3 is 2.31 bits per heavy atom. The fourth-order valence-electron chi connectivity index (χ4n) is 4.49. The molecule has 0 saturated carbocycles. The van der Waals surface area contributed by atoms with Gasteiger partial charge in [0.15, 0.2) is 5.92 Å². The molecule has 0 aliphatic carbocycles. The molecule has 1 N–H and O–H groups in total. The molecular formula is C28H24FNO5. The molecule has 4 aromatic rings. The zero-order valence-corrected chi connectivity index (χ0v) is 19.3. The van der Waals surface area contributed by atoms with Crippen molar-refractivity contribution in [3.05, 3.63) is 102 Å². The number of benzene rings is 3. The predicted octanol–water partition coefficient (Wildman–Crippen LogP) is 5.47. The highest BCUT2D eigenvalue weighted by atomic mass is 19.1. The first-order valence-electron chi connectivity index (χ1n) is 11.3. The van der Waals surface area contributed by atoms with Gasteiger partial charge in [0.05, 0.1) is 0 Å². The molecule has 1 aromatic heterocycles. The predicted molar refractivity (Wildman–Crippen MR) is 127 cm³/mol. The van der Waals surface area contributed by atoms with Gasteiger partial charge >= 0.3 is 11.9 Å². The lowest BCUT2D eigenvalue weighted by Gasteiger charge is -2.36. The van der Waals surface area contributed by atoms with Crippen molar-refractivity contribution < 1.29 is 28.2 Å². The lowest BCUT2D eigenvalue weighted by atomic mass is 9.79. The molecule has 6 nitrogen and oxygen atoms in total. The first-order valence-corrected chi connectivity index (χ1v) is 11.3. The van der Waals surface area contributed by atoms with Crippen LogP contribution in [0.15, 0.2) is 79.0 Å². The van der Waals surface area contributed by atoms with E-state index in [0.717, 1.165) is 22.0 Å². The average Bonchev–Trinajstić information content (AvgIpc) is 3.24. The van der Waals surface area contributed by atoms with Gasteiger partial charge in [-0.3, -0.25) is 9.59 Å². The Labute approximate surface area is 201 Å². The summed E-state index contributed by atoms with van der Waals surface area (Å²) < 4.78 is 30.4. The van der Waals surface area contributed by atoms with Crippen molar-refractivity contribution in [3.8, 4) is 5.75 Å². The number of carbonyl (C=O) groups is 2. The lowest BCUT2D eigenvalue weighted by molar-refractivity contribution is -0.240. The van der Waals surface area contributed by atoms with E-state index in [2.05, 4.69) is 4.98 Å². The summed E-state index contributed by atoms with van der Waals surface area (Å²) in [6, 6.07) is 20.9. The molecular weight excluding hydrogens is 449 g/mol. The highest BCUT2D eigenvalue weighted by Crippen LogP contribution is 2.43. The first-order chi connectivity index (χ1) is 16.8. The largest absolute Gasteiger partial charge is 0.489 e. The number of nitrogens with one attached hydrogen (secondary N) is 1. The number of aromatic amines is 1. The van der Waals surface area contributed by atoms with Crippen molar-refractivity contribution in [1.82, 2.24) is 4.98 Å². The zero-order chi connectivity index (χ0) is 24.6. The average molecular weight is 474 g/mol. The Hall–Kier alpha value is -4.13. The fraction of sp³-hybridized carbons (Fsp3) is 0.214. The number of esters is 2. The van der Waals surface area contributed by atoms with Crippen molar-refractivity contribution in [1.29, 1.82) is 0 Å². The van der Waals surface area contributed by atoms with Crippen LogP contribution in [0.4, 0.5) is 4.39 Å². The van der Waals surface area contributed by atoms with Crippen molar-refractivity contribution in [2.75, 3.05) is 0 Å². The van der Waals surface area contributed by atoms with E-state index in [-0.39, 0.29) is 12.4 Å². The van der Waals surface area contributed by atoms with Crippen molar-refractivity contribution >= 4 is 22.8 Å². The Morgan fingerprint density at radius 2 is 1.57 bits per heavy atom. The van der Waals surface area contributed by atoms with Gasteiger partial charge in [-0.15, -0.1) is 0 Å². The summed E-state index contributed by atoms with van der Waals surface area (Å²) in [4.78, 5) is 29.6. The zero-order valence-electron chi connectivity index (χ0n) is 19.3. The number of ether oxygens (including phenoxy) is 3. The Kier molecular flexibility index (Phi) is 5.76. The van der Waals surface area contributed by atoms with Crippen molar-refractivity contribution in [2.45, 2.75) is 32.2 Å². The molecule has 3 aromatic carbocycles. The smallest absolute Gasteiger partial charge is 0.324 e. The molecule has 0 bridgehead atoms. The van der Waals surface area contributed by atoms with Crippen LogP contribution in [0.3, 0.4) is 0 Å². The highest BCUT2D eigenvalue weighted by molar-refractivity contribution is 5.99. The van der Waals surface area contributed by atoms with Gasteiger partial charge in [0, 0.05) is 42.4 Å². The minimum atomic E-state index is -1.34. The van der Waals surface area contributed by atoms with Gasteiger partial charge < -0.3 is 19.2 Å². The monoisotopic (exact) mass is 473 g/mol. The molecule has 5 rings (SSSR count). The van der Waals surface area contributed by atoms with E-state index >= 15 is 0 Å².